The molecule has 0 saturated heterocycles. The second-order valence-electron chi connectivity index (χ2n) is 3.63. The van der Waals surface area contributed by atoms with Crippen LogP contribution in [0, 0.1) is 0 Å². The maximum atomic E-state index is 10.5. The highest BCUT2D eigenvalue weighted by Gasteiger charge is 2.19. The second-order valence-corrected chi connectivity index (χ2v) is 4.44. The molecule has 0 spiro atoms. The Hall–Kier alpha value is -0.900. The molecule has 66 valence electrons. The molecule has 1 rings (SSSR count). The van der Waals surface area contributed by atoms with Gasteiger partial charge in [0.15, 0.2) is 0 Å². The van der Waals surface area contributed by atoms with Gasteiger partial charge in [-0.2, -0.15) is 4.37 Å². The van der Waals surface area contributed by atoms with Crippen molar-refractivity contribution in [3.05, 3.63) is 16.6 Å². The van der Waals surface area contributed by atoms with Gasteiger partial charge in [0.1, 0.15) is 4.88 Å². The third kappa shape index (κ3) is 1.82. The number of aromatic nitrogens is 1. The standard InChI is InChI=1S/C8H11NO2S/c1-8(2,3)6-4-5(7(10)11)12-9-6/h4H,1-3H3,(H,10,11). The molecule has 1 heterocycles. The summed E-state index contributed by atoms with van der Waals surface area (Å²) in [6.07, 6.45) is 0. The van der Waals surface area contributed by atoms with Gasteiger partial charge >= 0.3 is 5.97 Å². The van der Waals surface area contributed by atoms with E-state index in [1.165, 1.54) is 0 Å². The van der Waals surface area contributed by atoms with E-state index >= 15 is 0 Å². The van der Waals surface area contributed by atoms with E-state index in [2.05, 4.69) is 4.37 Å². The normalized spacial score (nSPS) is 11.6. The zero-order valence-electron chi connectivity index (χ0n) is 7.29. The van der Waals surface area contributed by atoms with Crippen LogP contribution in [0.3, 0.4) is 0 Å². The van der Waals surface area contributed by atoms with Crippen molar-refractivity contribution in [2.75, 3.05) is 0 Å². The minimum Gasteiger partial charge on any atom is -0.477 e. The fourth-order valence-electron chi connectivity index (χ4n) is 0.729. The molecule has 0 bridgehead atoms. The van der Waals surface area contributed by atoms with Gasteiger partial charge in [-0.05, 0) is 17.6 Å². The lowest BCUT2D eigenvalue weighted by Gasteiger charge is -2.13. The molecule has 0 aliphatic heterocycles. The van der Waals surface area contributed by atoms with E-state index in [0.29, 0.717) is 4.88 Å². The van der Waals surface area contributed by atoms with Crippen molar-refractivity contribution in [3.8, 4) is 0 Å². The molecule has 0 aliphatic carbocycles. The summed E-state index contributed by atoms with van der Waals surface area (Å²) in [7, 11) is 0. The van der Waals surface area contributed by atoms with Crippen molar-refractivity contribution in [1.29, 1.82) is 0 Å². The van der Waals surface area contributed by atoms with E-state index in [4.69, 9.17) is 5.11 Å². The fourth-order valence-corrected chi connectivity index (χ4v) is 1.50. The van der Waals surface area contributed by atoms with Gasteiger partial charge in [0.25, 0.3) is 0 Å². The molecule has 12 heavy (non-hydrogen) atoms. The predicted molar refractivity (Wildman–Crippen MR) is 47.8 cm³/mol. The van der Waals surface area contributed by atoms with E-state index < -0.39 is 5.97 Å². The molecule has 0 atom stereocenters. The van der Waals surface area contributed by atoms with E-state index in [1.807, 2.05) is 20.8 Å². The summed E-state index contributed by atoms with van der Waals surface area (Å²) in [5.74, 6) is -0.900. The minimum atomic E-state index is -0.900. The third-order valence-corrected chi connectivity index (χ3v) is 2.27. The van der Waals surface area contributed by atoms with Crippen molar-refractivity contribution in [2.24, 2.45) is 0 Å². The number of nitrogens with zero attached hydrogens (tertiary/aromatic N) is 1. The van der Waals surface area contributed by atoms with Crippen LogP contribution in [0.4, 0.5) is 0 Å². The molecule has 3 nitrogen and oxygen atoms in total. The summed E-state index contributed by atoms with van der Waals surface area (Å²) in [4.78, 5) is 10.8. The van der Waals surface area contributed by atoms with Crippen LogP contribution in [-0.4, -0.2) is 15.4 Å². The summed E-state index contributed by atoms with van der Waals surface area (Å²) in [6, 6.07) is 1.63. The highest BCUT2D eigenvalue weighted by atomic mass is 32.1. The number of carbonyl (C=O) groups is 1. The number of carboxylic acid groups (broad SMARTS) is 1. The molecule has 0 aliphatic rings. The van der Waals surface area contributed by atoms with Crippen molar-refractivity contribution in [3.63, 3.8) is 0 Å². The molecule has 0 radical (unpaired) electrons. The van der Waals surface area contributed by atoms with E-state index in [-0.39, 0.29) is 5.41 Å². The first kappa shape index (κ1) is 9.19. The average molecular weight is 185 g/mol. The molecular formula is C8H11NO2S. The van der Waals surface area contributed by atoms with Crippen LogP contribution in [0.1, 0.15) is 36.1 Å². The van der Waals surface area contributed by atoms with Gasteiger partial charge in [-0.3, -0.25) is 0 Å². The van der Waals surface area contributed by atoms with Gasteiger partial charge in [0.05, 0.1) is 5.69 Å². The molecule has 1 N–H and O–H groups in total. The molecule has 0 saturated carbocycles. The lowest BCUT2D eigenvalue weighted by Crippen LogP contribution is -2.11. The fraction of sp³-hybridized carbons (Fsp3) is 0.500. The van der Waals surface area contributed by atoms with Crippen LogP contribution in [0.5, 0.6) is 0 Å². The minimum absolute atomic E-state index is 0.0653. The smallest absolute Gasteiger partial charge is 0.347 e. The lowest BCUT2D eigenvalue weighted by molar-refractivity contribution is 0.0702. The summed E-state index contributed by atoms with van der Waals surface area (Å²) < 4.78 is 4.07. The first-order chi connectivity index (χ1) is 5.41. The molecule has 4 heteroatoms. The maximum absolute atomic E-state index is 10.5. The van der Waals surface area contributed by atoms with Crippen LogP contribution < -0.4 is 0 Å². The molecular weight excluding hydrogens is 174 g/mol. The number of hydrogen-bond acceptors (Lipinski definition) is 3. The van der Waals surface area contributed by atoms with Gasteiger partial charge in [0, 0.05) is 5.41 Å². The van der Waals surface area contributed by atoms with Gasteiger partial charge in [-0.1, -0.05) is 20.8 Å². The highest BCUT2D eigenvalue weighted by Crippen LogP contribution is 2.23. The van der Waals surface area contributed by atoms with Gasteiger partial charge < -0.3 is 5.11 Å². The molecule has 1 aromatic rings. The predicted octanol–water partition coefficient (Wildman–Crippen LogP) is 2.14. The topological polar surface area (TPSA) is 50.2 Å². The SMILES string of the molecule is CC(C)(C)c1cc(C(=O)O)sn1. The third-order valence-electron chi connectivity index (χ3n) is 1.49. The summed E-state index contributed by atoms with van der Waals surface area (Å²) >= 11 is 1.03. The average Bonchev–Trinajstić information content (AvgIpc) is 2.30. The summed E-state index contributed by atoms with van der Waals surface area (Å²) in [6.45, 7) is 6.02. The van der Waals surface area contributed by atoms with Crippen molar-refractivity contribution >= 4 is 17.5 Å². The number of carboxylic acids is 1. The van der Waals surface area contributed by atoms with E-state index in [1.54, 1.807) is 6.07 Å². The highest BCUT2D eigenvalue weighted by molar-refractivity contribution is 7.08. The largest absolute Gasteiger partial charge is 0.477 e. The van der Waals surface area contributed by atoms with Gasteiger partial charge in [-0.25, -0.2) is 4.79 Å². The molecule has 0 amide bonds. The lowest BCUT2D eigenvalue weighted by atomic mass is 9.92. The molecule has 0 aromatic carbocycles. The monoisotopic (exact) mass is 185 g/mol. The Bertz CT molecular complexity index is 298. The number of hydrogen-bond donors (Lipinski definition) is 1. The quantitative estimate of drug-likeness (QED) is 0.729. The summed E-state index contributed by atoms with van der Waals surface area (Å²) in [5.41, 5.74) is 0.773. The Labute approximate surface area is 75.2 Å². The second kappa shape index (κ2) is 2.86. The Morgan fingerprint density at radius 3 is 2.42 bits per heavy atom. The zero-order valence-corrected chi connectivity index (χ0v) is 8.10. The number of rotatable bonds is 1. The molecule has 1 aromatic heterocycles. The van der Waals surface area contributed by atoms with Gasteiger partial charge in [-0.15, -0.1) is 0 Å². The Morgan fingerprint density at radius 2 is 2.17 bits per heavy atom. The molecule has 0 unspecified atom stereocenters. The zero-order chi connectivity index (χ0) is 9.35. The molecule has 0 fully saturated rings. The Morgan fingerprint density at radius 1 is 1.58 bits per heavy atom. The number of aromatic carboxylic acids is 1. The van der Waals surface area contributed by atoms with Crippen LogP contribution >= 0.6 is 11.5 Å². The first-order valence-corrected chi connectivity index (χ1v) is 4.39. The van der Waals surface area contributed by atoms with E-state index in [0.717, 1.165) is 17.2 Å². The maximum Gasteiger partial charge on any atom is 0.347 e. The first-order valence-electron chi connectivity index (χ1n) is 3.62. The van der Waals surface area contributed by atoms with Crippen LogP contribution in [0.2, 0.25) is 0 Å². The van der Waals surface area contributed by atoms with Gasteiger partial charge in [0.2, 0.25) is 0 Å². The van der Waals surface area contributed by atoms with Crippen molar-refractivity contribution in [1.82, 2.24) is 4.37 Å². The summed E-state index contributed by atoms with van der Waals surface area (Å²) in [5, 5.41) is 8.63. The van der Waals surface area contributed by atoms with Crippen LogP contribution in [0.15, 0.2) is 6.07 Å². The Kier molecular flexibility index (Phi) is 2.19. The van der Waals surface area contributed by atoms with Crippen LogP contribution in [-0.2, 0) is 5.41 Å². The van der Waals surface area contributed by atoms with E-state index in [9.17, 15) is 4.79 Å². The Balaban J connectivity index is 3.00. The van der Waals surface area contributed by atoms with Crippen molar-refractivity contribution < 1.29 is 9.90 Å². The van der Waals surface area contributed by atoms with Crippen molar-refractivity contribution in [2.45, 2.75) is 26.2 Å². The van der Waals surface area contributed by atoms with Crippen LogP contribution in [0.25, 0.3) is 0 Å².